The molecule has 5 heteroatoms. The van der Waals surface area contributed by atoms with Gasteiger partial charge in [-0.15, -0.1) is 0 Å². The van der Waals surface area contributed by atoms with E-state index in [-0.39, 0.29) is 11.3 Å². The first-order valence-corrected chi connectivity index (χ1v) is 9.52. The number of ether oxygens (including phenoxy) is 3. The van der Waals surface area contributed by atoms with Gasteiger partial charge < -0.3 is 19.5 Å². The van der Waals surface area contributed by atoms with E-state index < -0.39 is 0 Å². The molecule has 0 rings (SSSR count). The van der Waals surface area contributed by atoms with E-state index in [1.54, 1.807) is 0 Å². The molecule has 24 heavy (non-hydrogen) atoms. The Hall–Kier alpha value is -0.650. The van der Waals surface area contributed by atoms with Gasteiger partial charge in [0.1, 0.15) is 0 Å². The summed E-state index contributed by atoms with van der Waals surface area (Å²) in [4.78, 5) is 11.6. The van der Waals surface area contributed by atoms with Crippen LogP contribution in [0.5, 0.6) is 0 Å². The van der Waals surface area contributed by atoms with Crippen molar-refractivity contribution in [3.8, 4) is 0 Å². The number of carbonyl (C=O) groups excluding carboxylic acids is 1. The van der Waals surface area contributed by atoms with Gasteiger partial charge in [-0.25, -0.2) is 0 Å². The Balaban J connectivity index is 4.45. The fourth-order valence-corrected chi connectivity index (χ4v) is 2.26. The molecule has 0 spiro atoms. The van der Waals surface area contributed by atoms with E-state index in [1.807, 2.05) is 6.92 Å². The van der Waals surface area contributed by atoms with Crippen LogP contribution >= 0.6 is 0 Å². The molecule has 0 radical (unpaired) electrons. The molecular weight excluding hydrogens is 306 g/mol. The van der Waals surface area contributed by atoms with Crippen molar-refractivity contribution in [1.29, 1.82) is 0 Å². The Labute approximate surface area is 148 Å². The van der Waals surface area contributed by atoms with Gasteiger partial charge >= 0.3 is 0 Å². The van der Waals surface area contributed by atoms with Crippen LogP contribution in [0.15, 0.2) is 0 Å². The molecule has 0 aromatic heterocycles. The standard InChI is InChI=1S/C19H39NO4/c1-6-10-20-18(21)9-13-24-16-19(17(4)5,14-22-11-7-2)15-23-12-8-3/h17H,6-16H2,1-5H3,(H,20,21). The third kappa shape index (κ3) is 10.3. The van der Waals surface area contributed by atoms with Crippen LogP contribution in [0, 0.1) is 11.3 Å². The highest BCUT2D eigenvalue weighted by Crippen LogP contribution is 2.29. The normalized spacial score (nSPS) is 11.9. The second-order valence-electron chi connectivity index (χ2n) is 6.77. The molecular formula is C19H39NO4. The topological polar surface area (TPSA) is 56.8 Å². The second kappa shape index (κ2) is 14.7. The Morgan fingerprint density at radius 1 is 0.875 bits per heavy atom. The van der Waals surface area contributed by atoms with Crippen molar-refractivity contribution in [2.45, 2.75) is 60.3 Å². The van der Waals surface area contributed by atoms with Crippen molar-refractivity contribution in [2.24, 2.45) is 11.3 Å². The average molecular weight is 346 g/mol. The molecule has 0 aliphatic rings. The van der Waals surface area contributed by atoms with E-state index in [0.717, 1.165) is 39.0 Å². The monoisotopic (exact) mass is 345 g/mol. The summed E-state index contributed by atoms with van der Waals surface area (Å²) in [6.45, 7) is 15.1. The van der Waals surface area contributed by atoms with Crippen LogP contribution in [0.3, 0.4) is 0 Å². The smallest absolute Gasteiger partial charge is 0.222 e. The van der Waals surface area contributed by atoms with Gasteiger partial charge in [0.05, 0.1) is 26.4 Å². The summed E-state index contributed by atoms with van der Waals surface area (Å²) in [5.74, 6) is 0.427. The first-order valence-electron chi connectivity index (χ1n) is 9.52. The van der Waals surface area contributed by atoms with Crippen molar-refractivity contribution in [3.63, 3.8) is 0 Å². The largest absolute Gasteiger partial charge is 0.381 e. The number of rotatable bonds is 16. The van der Waals surface area contributed by atoms with Gasteiger partial charge in [0.25, 0.3) is 0 Å². The van der Waals surface area contributed by atoms with E-state index in [1.165, 1.54) is 0 Å². The lowest BCUT2D eigenvalue weighted by atomic mass is 9.79. The Bertz CT molecular complexity index is 298. The first kappa shape index (κ1) is 23.4. The maximum Gasteiger partial charge on any atom is 0.222 e. The van der Waals surface area contributed by atoms with Crippen LogP contribution in [0.25, 0.3) is 0 Å². The number of hydrogen-bond donors (Lipinski definition) is 1. The maximum absolute atomic E-state index is 11.6. The molecule has 0 saturated carbocycles. The van der Waals surface area contributed by atoms with Crippen LogP contribution in [-0.2, 0) is 19.0 Å². The fraction of sp³-hybridized carbons (Fsp3) is 0.947. The second-order valence-corrected chi connectivity index (χ2v) is 6.77. The molecule has 0 saturated heterocycles. The van der Waals surface area contributed by atoms with Gasteiger partial charge in [-0.1, -0.05) is 34.6 Å². The highest BCUT2D eigenvalue weighted by atomic mass is 16.5. The minimum Gasteiger partial charge on any atom is -0.381 e. The minimum absolute atomic E-state index is 0.0523. The molecule has 0 bridgehead atoms. The van der Waals surface area contributed by atoms with Gasteiger partial charge in [0.15, 0.2) is 0 Å². The SMILES string of the molecule is CCCNC(=O)CCOCC(COCCC)(COCCC)C(C)C. The summed E-state index contributed by atoms with van der Waals surface area (Å²) < 4.78 is 17.5. The Kier molecular flexibility index (Phi) is 14.3. The molecule has 0 unspecified atom stereocenters. The minimum atomic E-state index is -0.162. The Morgan fingerprint density at radius 2 is 1.38 bits per heavy atom. The van der Waals surface area contributed by atoms with Crippen LogP contribution in [0.2, 0.25) is 0 Å². The lowest BCUT2D eigenvalue weighted by molar-refractivity contribution is -0.124. The van der Waals surface area contributed by atoms with E-state index in [9.17, 15) is 4.79 Å². The van der Waals surface area contributed by atoms with Crippen molar-refractivity contribution < 1.29 is 19.0 Å². The van der Waals surface area contributed by atoms with Crippen molar-refractivity contribution in [1.82, 2.24) is 5.32 Å². The van der Waals surface area contributed by atoms with Crippen LogP contribution in [0.1, 0.15) is 60.3 Å². The summed E-state index contributed by atoms with van der Waals surface area (Å²) in [7, 11) is 0. The van der Waals surface area contributed by atoms with Crippen LogP contribution in [-0.4, -0.2) is 52.1 Å². The maximum atomic E-state index is 11.6. The third-order valence-electron chi connectivity index (χ3n) is 4.14. The van der Waals surface area contributed by atoms with Gasteiger partial charge in [0, 0.05) is 31.6 Å². The molecule has 0 fully saturated rings. The summed E-state index contributed by atoms with van der Waals surface area (Å²) in [5, 5.41) is 2.87. The summed E-state index contributed by atoms with van der Waals surface area (Å²) in [6.07, 6.45) is 3.36. The zero-order chi connectivity index (χ0) is 18.3. The molecule has 0 aromatic rings. The highest BCUT2D eigenvalue weighted by Gasteiger charge is 2.35. The first-order chi connectivity index (χ1) is 11.5. The number of hydrogen-bond acceptors (Lipinski definition) is 4. The van der Waals surface area contributed by atoms with Gasteiger partial charge in [0.2, 0.25) is 5.91 Å². The lowest BCUT2D eigenvalue weighted by Crippen LogP contribution is -2.42. The van der Waals surface area contributed by atoms with E-state index in [2.05, 4.69) is 33.0 Å². The number of carbonyl (C=O) groups is 1. The lowest BCUT2D eigenvalue weighted by Gasteiger charge is -2.37. The molecule has 1 amide bonds. The predicted octanol–water partition coefficient (Wildman–Crippen LogP) is 3.41. The average Bonchev–Trinajstić information content (AvgIpc) is 2.56. The van der Waals surface area contributed by atoms with Crippen molar-refractivity contribution in [2.75, 3.05) is 46.2 Å². The predicted molar refractivity (Wildman–Crippen MR) is 98.2 cm³/mol. The quantitative estimate of drug-likeness (QED) is 0.436. The van der Waals surface area contributed by atoms with Gasteiger partial charge in [-0.05, 0) is 25.2 Å². The molecule has 0 aromatic carbocycles. The summed E-state index contributed by atoms with van der Waals surface area (Å²) >= 11 is 0. The van der Waals surface area contributed by atoms with E-state index in [0.29, 0.717) is 38.8 Å². The number of nitrogens with one attached hydrogen (secondary N) is 1. The summed E-state index contributed by atoms with van der Waals surface area (Å²) in [5.41, 5.74) is -0.162. The van der Waals surface area contributed by atoms with Gasteiger partial charge in [-0.2, -0.15) is 0 Å². The third-order valence-corrected chi connectivity index (χ3v) is 4.14. The van der Waals surface area contributed by atoms with Crippen LogP contribution < -0.4 is 5.32 Å². The molecule has 0 heterocycles. The summed E-state index contributed by atoms with van der Waals surface area (Å²) in [6, 6.07) is 0. The number of amides is 1. The van der Waals surface area contributed by atoms with E-state index >= 15 is 0 Å². The zero-order valence-electron chi connectivity index (χ0n) is 16.5. The molecule has 1 N–H and O–H groups in total. The molecule has 144 valence electrons. The Morgan fingerprint density at radius 3 is 1.79 bits per heavy atom. The van der Waals surface area contributed by atoms with Gasteiger partial charge in [-0.3, -0.25) is 4.79 Å². The zero-order valence-corrected chi connectivity index (χ0v) is 16.5. The van der Waals surface area contributed by atoms with Crippen molar-refractivity contribution >= 4 is 5.91 Å². The fourth-order valence-electron chi connectivity index (χ4n) is 2.26. The highest BCUT2D eigenvalue weighted by molar-refractivity contribution is 5.75. The molecule has 0 atom stereocenters. The van der Waals surface area contributed by atoms with Crippen molar-refractivity contribution in [3.05, 3.63) is 0 Å². The van der Waals surface area contributed by atoms with E-state index in [4.69, 9.17) is 14.2 Å². The molecule has 5 nitrogen and oxygen atoms in total. The molecule has 0 aliphatic heterocycles. The van der Waals surface area contributed by atoms with Crippen LogP contribution in [0.4, 0.5) is 0 Å². The molecule has 0 aliphatic carbocycles.